The maximum absolute atomic E-state index is 14.2. The number of nitrogens with one attached hydrogen (secondary N) is 1. The quantitative estimate of drug-likeness (QED) is 0.346. The van der Waals surface area contributed by atoms with Crippen molar-refractivity contribution in [3.8, 4) is 11.5 Å². The highest BCUT2D eigenvalue weighted by molar-refractivity contribution is 7.89. The van der Waals surface area contributed by atoms with Crippen molar-refractivity contribution in [1.29, 1.82) is 0 Å². The molecular weight excluding hydrogens is 512 g/mol. The molecule has 0 saturated carbocycles. The molecule has 3 heterocycles. The second-order valence-corrected chi connectivity index (χ2v) is 11.4. The van der Waals surface area contributed by atoms with Gasteiger partial charge in [0.25, 0.3) is 5.56 Å². The van der Waals surface area contributed by atoms with E-state index in [4.69, 9.17) is 9.47 Å². The van der Waals surface area contributed by atoms with Gasteiger partial charge in [0, 0.05) is 18.7 Å². The van der Waals surface area contributed by atoms with Crippen LogP contribution in [0.3, 0.4) is 0 Å². The number of aromatic nitrogens is 3. The first-order valence-electron chi connectivity index (χ1n) is 11.5. The highest BCUT2D eigenvalue weighted by atomic mass is 32.2. The van der Waals surface area contributed by atoms with Crippen LogP contribution >= 0.6 is 11.7 Å². The predicted molar refractivity (Wildman–Crippen MR) is 140 cm³/mol. The first-order chi connectivity index (χ1) is 17.8. The Balaban J connectivity index is 1.48. The van der Waals surface area contributed by atoms with Gasteiger partial charge in [-0.2, -0.15) is 13.1 Å². The molecule has 0 radical (unpaired) electrons. The van der Waals surface area contributed by atoms with E-state index in [-0.39, 0.29) is 30.3 Å². The molecule has 6 rings (SSSR count). The van der Waals surface area contributed by atoms with Gasteiger partial charge in [0.2, 0.25) is 16.8 Å². The molecule has 0 fully saturated rings. The summed E-state index contributed by atoms with van der Waals surface area (Å²) in [5, 5.41) is 0.831. The first-order valence-corrected chi connectivity index (χ1v) is 13.7. The fraction of sp³-hybridized carbons (Fsp3) is 0.192. The van der Waals surface area contributed by atoms with Crippen molar-refractivity contribution in [2.24, 2.45) is 0 Å². The number of ether oxygens (including phenoxy) is 2. The summed E-state index contributed by atoms with van der Waals surface area (Å²) in [6.45, 7) is 3.64. The topological polar surface area (TPSA) is 114 Å². The monoisotopic (exact) mass is 534 g/mol. The number of hydrogen-bond acceptors (Lipinski definition) is 8. The van der Waals surface area contributed by atoms with Crippen LogP contribution in [-0.2, 0) is 23.1 Å². The van der Waals surface area contributed by atoms with Crippen molar-refractivity contribution in [1.82, 2.24) is 18.0 Å². The third-order valence-corrected chi connectivity index (χ3v) is 9.00. The summed E-state index contributed by atoms with van der Waals surface area (Å²) in [4.78, 5) is 16.1. The molecule has 11 heteroatoms. The van der Waals surface area contributed by atoms with Gasteiger partial charge in [0.15, 0.2) is 11.5 Å². The lowest BCUT2D eigenvalue weighted by Gasteiger charge is -2.23. The van der Waals surface area contributed by atoms with Gasteiger partial charge in [0.05, 0.1) is 17.2 Å². The van der Waals surface area contributed by atoms with E-state index >= 15 is 0 Å². The Kier molecular flexibility index (Phi) is 5.70. The fourth-order valence-electron chi connectivity index (χ4n) is 4.59. The van der Waals surface area contributed by atoms with Crippen LogP contribution in [0.1, 0.15) is 22.3 Å². The van der Waals surface area contributed by atoms with Gasteiger partial charge in [-0.3, -0.25) is 4.79 Å². The Labute approximate surface area is 216 Å². The van der Waals surface area contributed by atoms with Gasteiger partial charge in [-0.1, -0.05) is 30.3 Å². The molecule has 5 aromatic rings. The average molecular weight is 535 g/mol. The number of hydrogen-bond donors (Lipinski definition) is 1. The number of aromatic amines is 1. The molecular formula is C26H22N4O5S2. The first kappa shape index (κ1) is 23.6. The predicted octanol–water partition coefficient (Wildman–Crippen LogP) is 4.27. The van der Waals surface area contributed by atoms with E-state index in [9.17, 15) is 13.2 Å². The van der Waals surface area contributed by atoms with Gasteiger partial charge < -0.3 is 14.5 Å². The molecule has 9 nitrogen and oxygen atoms in total. The van der Waals surface area contributed by atoms with Crippen molar-refractivity contribution in [3.63, 3.8) is 0 Å². The van der Waals surface area contributed by atoms with E-state index in [1.54, 1.807) is 43.3 Å². The second kappa shape index (κ2) is 8.94. The van der Waals surface area contributed by atoms with Crippen molar-refractivity contribution in [2.45, 2.75) is 31.8 Å². The summed E-state index contributed by atoms with van der Waals surface area (Å²) >= 11 is 0.962. The van der Waals surface area contributed by atoms with Gasteiger partial charge in [-0.25, -0.2) is 8.42 Å². The van der Waals surface area contributed by atoms with Crippen LogP contribution in [0.2, 0.25) is 0 Å². The summed E-state index contributed by atoms with van der Waals surface area (Å²) in [6.07, 6.45) is 0. The van der Waals surface area contributed by atoms with Crippen LogP contribution in [0, 0.1) is 13.8 Å². The van der Waals surface area contributed by atoms with Crippen molar-refractivity contribution in [3.05, 3.63) is 87.2 Å². The van der Waals surface area contributed by atoms with Crippen molar-refractivity contribution in [2.75, 3.05) is 6.79 Å². The van der Waals surface area contributed by atoms with Crippen LogP contribution in [0.4, 0.5) is 0 Å². The van der Waals surface area contributed by atoms with Crippen LogP contribution in [-0.4, -0.2) is 33.2 Å². The number of benzene rings is 3. The minimum atomic E-state index is -4.10. The van der Waals surface area contributed by atoms with Gasteiger partial charge in [-0.05, 0) is 60.2 Å². The molecule has 3 aromatic carbocycles. The van der Waals surface area contributed by atoms with Crippen LogP contribution in [0.5, 0.6) is 11.5 Å². The van der Waals surface area contributed by atoms with E-state index in [1.165, 1.54) is 4.31 Å². The average Bonchev–Trinajstić information content (AvgIpc) is 3.53. The molecule has 2 aromatic heterocycles. The van der Waals surface area contributed by atoms with Crippen molar-refractivity contribution >= 4 is 43.7 Å². The molecule has 0 unspecified atom stereocenters. The van der Waals surface area contributed by atoms with E-state index in [1.807, 2.05) is 25.1 Å². The molecule has 0 saturated heterocycles. The van der Waals surface area contributed by atoms with Crippen LogP contribution in [0.15, 0.2) is 64.3 Å². The maximum atomic E-state index is 14.2. The van der Waals surface area contributed by atoms with Gasteiger partial charge >= 0.3 is 0 Å². The summed E-state index contributed by atoms with van der Waals surface area (Å²) in [7, 11) is -4.10. The van der Waals surface area contributed by atoms with E-state index in [0.29, 0.717) is 39.2 Å². The SMILES string of the molecule is Cc1ccc2nsnc2c1S(=O)(=O)N(Cc1ccc2c(c1)OCO2)Cc1cc2cccc(C)c2[nH]c1=O. The van der Waals surface area contributed by atoms with Crippen LogP contribution < -0.4 is 15.0 Å². The smallest absolute Gasteiger partial charge is 0.252 e. The number of nitrogens with zero attached hydrogens (tertiary/aromatic N) is 3. The molecule has 1 aliphatic heterocycles. The number of fused-ring (bicyclic) bond motifs is 3. The van der Waals surface area contributed by atoms with E-state index in [2.05, 4.69) is 13.7 Å². The van der Waals surface area contributed by atoms with E-state index in [0.717, 1.165) is 28.2 Å². The zero-order valence-electron chi connectivity index (χ0n) is 20.0. The van der Waals surface area contributed by atoms with Crippen molar-refractivity contribution < 1.29 is 17.9 Å². The van der Waals surface area contributed by atoms with Gasteiger partial charge in [-0.15, -0.1) is 0 Å². The molecule has 188 valence electrons. The zero-order chi connectivity index (χ0) is 25.7. The molecule has 0 bridgehead atoms. The Hall–Kier alpha value is -3.80. The largest absolute Gasteiger partial charge is 0.454 e. The number of rotatable bonds is 6. The zero-order valence-corrected chi connectivity index (χ0v) is 21.6. The minimum Gasteiger partial charge on any atom is -0.454 e. The Morgan fingerprint density at radius 3 is 2.68 bits per heavy atom. The summed E-state index contributed by atoms with van der Waals surface area (Å²) in [5.74, 6) is 1.16. The lowest BCUT2D eigenvalue weighted by molar-refractivity contribution is 0.174. The third kappa shape index (κ3) is 4.14. The molecule has 1 N–H and O–H groups in total. The Morgan fingerprint density at radius 1 is 0.973 bits per heavy atom. The summed E-state index contributed by atoms with van der Waals surface area (Å²) in [5.41, 5.74) is 3.75. The maximum Gasteiger partial charge on any atom is 0.252 e. The van der Waals surface area contributed by atoms with Gasteiger partial charge in [0.1, 0.15) is 15.9 Å². The molecule has 0 spiro atoms. The lowest BCUT2D eigenvalue weighted by atomic mass is 10.1. The summed E-state index contributed by atoms with van der Waals surface area (Å²) < 4.78 is 49.2. The molecule has 1 aliphatic rings. The third-order valence-electron chi connectivity index (χ3n) is 6.48. The minimum absolute atomic E-state index is 0.0116. The normalized spacial score (nSPS) is 13.2. The second-order valence-electron chi connectivity index (χ2n) is 8.97. The van der Waals surface area contributed by atoms with Crippen LogP contribution in [0.25, 0.3) is 21.9 Å². The fourth-order valence-corrected chi connectivity index (χ4v) is 6.94. The standard InChI is InChI=1S/C26H22N4O5S2/c1-15-4-3-5-18-11-19(26(31)27-23(15)18)13-30(12-17-7-9-21-22(10-17)35-14-34-21)37(32,33)25-16(2)6-8-20-24(25)29-36-28-20/h3-11H,12-14H2,1-2H3,(H,27,31). The molecule has 0 atom stereocenters. The molecule has 0 amide bonds. The highest BCUT2D eigenvalue weighted by Gasteiger charge is 2.31. The van der Waals surface area contributed by atoms with E-state index < -0.39 is 10.0 Å². The Morgan fingerprint density at radius 2 is 1.81 bits per heavy atom. The number of pyridine rings is 1. The number of aryl methyl sites for hydroxylation is 2. The molecule has 37 heavy (non-hydrogen) atoms. The lowest BCUT2D eigenvalue weighted by Crippen LogP contribution is -2.33. The number of para-hydroxylation sites is 1. The summed E-state index contributed by atoms with van der Waals surface area (Å²) in [6, 6.07) is 16.3. The number of sulfonamides is 1. The number of H-pyrrole nitrogens is 1. The molecule has 0 aliphatic carbocycles. The Bertz CT molecular complexity index is 1850. The highest BCUT2D eigenvalue weighted by Crippen LogP contribution is 2.34.